The molecule has 0 fully saturated rings. The Bertz CT molecular complexity index is 688. The van der Waals surface area contributed by atoms with Crippen LogP contribution in [0.25, 0.3) is 0 Å². The Morgan fingerprint density at radius 3 is 2.80 bits per heavy atom. The maximum Gasteiger partial charge on any atom is 0.227 e. The van der Waals surface area contributed by atoms with Gasteiger partial charge >= 0.3 is 0 Å². The van der Waals surface area contributed by atoms with Gasteiger partial charge < -0.3 is 5.32 Å². The van der Waals surface area contributed by atoms with Crippen LogP contribution in [0.3, 0.4) is 0 Å². The zero-order chi connectivity index (χ0) is 14.1. The van der Waals surface area contributed by atoms with Crippen molar-refractivity contribution in [3.05, 3.63) is 45.7 Å². The molecule has 0 aliphatic heterocycles. The predicted molar refractivity (Wildman–Crippen MR) is 79.0 cm³/mol. The number of carbonyl (C=O) groups is 1. The molecule has 0 atom stereocenters. The molecular weight excluding hydrogens is 297 g/mol. The smallest absolute Gasteiger partial charge is 0.227 e. The third-order valence-corrected chi connectivity index (χ3v) is 3.90. The SMILES string of the molecule is O=C1CCCc2nc(Nc3ccc(Cl)c(Cl)c3)ncc21. The van der Waals surface area contributed by atoms with E-state index in [1.807, 2.05) is 0 Å². The van der Waals surface area contributed by atoms with Gasteiger partial charge in [0.2, 0.25) is 5.95 Å². The van der Waals surface area contributed by atoms with Gasteiger partial charge in [0.05, 0.1) is 21.3 Å². The summed E-state index contributed by atoms with van der Waals surface area (Å²) in [6.07, 6.45) is 3.81. The molecule has 1 aromatic carbocycles. The van der Waals surface area contributed by atoms with Crippen molar-refractivity contribution >= 4 is 40.6 Å². The van der Waals surface area contributed by atoms with Crippen molar-refractivity contribution in [3.8, 4) is 0 Å². The lowest BCUT2D eigenvalue weighted by molar-refractivity contribution is 0.0971. The van der Waals surface area contributed by atoms with Crippen LogP contribution in [-0.4, -0.2) is 15.8 Å². The van der Waals surface area contributed by atoms with Crippen LogP contribution in [-0.2, 0) is 6.42 Å². The molecule has 2 aromatic rings. The van der Waals surface area contributed by atoms with Gasteiger partial charge in [0.1, 0.15) is 0 Å². The number of hydrogen-bond donors (Lipinski definition) is 1. The second kappa shape index (κ2) is 5.38. The standard InChI is InChI=1S/C14H11Cl2N3O/c15-10-5-4-8(6-11(10)16)18-14-17-7-9-12(19-14)2-1-3-13(9)20/h4-7H,1-3H2,(H,17,18,19). The van der Waals surface area contributed by atoms with E-state index in [9.17, 15) is 4.79 Å². The molecule has 0 spiro atoms. The van der Waals surface area contributed by atoms with E-state index < -0.39 is 0 Å². The number of Topliss-reactive ketones (excluding diaryl/α,β-unsaturated/α-hetero) is 1. The van der Waals surface area contributed by atoms with E-state index in [-0.39, 0.29) is 5.78 Å². The van der Waals surface area contributed by atoms with Crippen LogP contribution in [0.4, 0.5) is 11.6 Å². The third-order valence-electron chi connectivity index (χ3n) is 3.16. The Balaban J connectivity index is 1.88. The summed E-state index contributed by atoms with van der Waals surface area (Å²) in [5.41, 5.74) is 2.19. The van der Waals surface area contributed by atoms with Crippen molar-refractivity contribution in [1.82, 2.24) is 9.97 Å². The number of carbonyl (C=O) groups excluding carboxylic acids is 1. The zero-order valence-corrected chi connectivity index (χ0v) is 12.0. The van der Waals surface area contributed by atoms with E-state index in [0.29, 0.717) is 28.0 Å². The summed E-state index contributed by atoms with van der Waals surface area (Å²) in [5.74, 6) is 0.573. The molecule has 0 radical (unpaired) electrons. The fourth-order valence-corrected chi connectivity index (χ4v) is 2.45. The fraction of sp³-hybridized carbons (Fsp3) is 0.214. The van der Waals surface area contributed by atoms with Crippen LogP contribution in [0.2, 0.25) is 10.0 Å². The van der Waals surface area contributed by atoms with Gasteiger partial charge in [-0.25, -0.2) is 9.97 Å². The predicted octanol–water partition coefficient (Wildman–Crippen LogP) is 4.05. The number of nitrogens with zero attached hydrogens (tertiary/aromatic N) is 2. The fourth-order valence-electron chi connectivity index (χ4n) is 2.15. The molecule has 6 heteroatoms. The van der Waals surface area contributed by atoms with Crippen molar-refractivity contribution in [2.24, 2.45) is 0 Å². The molecule has 1 N–H and O–H groups in total. The van der Waals surface area contributed by atoms with Crippen LogP contribution in [0.1, 0.15) is 28.9 Å². The Kier molecular flexibility index (Phi) is 3.59. The van der Waals surface area contributed by atoms with Crippen molar-refractivity contribution in [2.75, 3.05) is 5.32 Å². The lowest BCUT2D eigenvalue weighted by atomic mass is 9.96. The van der Waals surface area contributed by atoms with Gasteiger partial charge in [-0.05, 0) is 31.0 Å². The summed E-state index contributed by atoms with van der Waals surface area (Å²) >= 11 is 11.8. The molecule has 1 aromatic heterocycles. The van der Waals surface area contributed by atoms with E-state index in [1.54, 1.807) is 24.4 Å². The first-order chi connectivity index (χ1) is 9.63. The number of aromatic nitrogens is 2. The van der Waals surface area contributed by atoms with E-state index in [0.717, 1.165) is 24.2 Å². The maximum absolute atomic E-state index is 11.7. The third kappa shape index (κ3) is 2.62. The summed E-state index contributed by atoms with van der Waals surface area (Å²) in [6.45, 7) is 0. The molecule has 3 rings (SSSR count). The maximum atomic E-state index is 11.7. The van der Waals surface area contributed by atoms with Gasteiger partial charge in [-0.2, -0.15) is 0 Å². The molecule has 1 aliphatic rings. The van der Waals surface area contributed by atoms with Crippen molar-refractivity contribution in [1.29, 1.82) is 0 Å². The highest BCUT2D eigenvalue weighted by molar-refractivity contribution is 6.42. The molecule has 1 heterocycles. The minimum absolute atomic E-state index is 0.118. The topological polar surface area (TPSA) is 54.9 Å². The average Bonchev–Trinajstić information content (AvgIpc) is 2.43. The summed E-state index contributed by atoms with van der Waals surface area (Å²) in [4.78, 5) is 20.3. The Labute approximate surface area is 126 Å². The number of nitrogens with one attached hydrogen (secondary N) is 1. The lowest BCUT2D eigenvalue weighted by Crippen LogP contribution is -2.14. The molecule has 20 heavy (non-hydrogen) atoms. The van der Waals surface area contributed by atoms with E-state index in [1.165, 1.54) is 0 Å². The quantitative estimate of drug-likeness (QED) is 0.909. The lowest BCUT2D eigenvalue weighted by Gasteiger charge is -2.14. The number of halogens is 2. The number of hydrogen-bond acceptors (Lipinski definition) is 4. The van der Waals surface area contributed by atoms with Crippen LogP contribution < -0.4 is 5.32 Å². The van der Waals surface area contributed by atoms with Crippen LogP contribution in [0, 0.1) is 0 Å². The Morgan fingerprint density at radius 1 is 1.15 bits per heavy atom. The Hall–Kier alpha value is -1.65. The molecule has 102 valence electrons. The molecule has 0 saturated carbocycles. The van der Waals surface area contributed by atoms with Crippen molar-refractivity contribution < 1.29 is 4.79 Å². The number of ketones is 1. The van der Waals surface area contributed by atoms with E-state index in [2.05, 4.69) is 15.3 Å². The largest absolute Gasteiger partial charge is 0.324 e. The second-order valence-corrected chi connectivity index (χ2v) is 5.40. The molecule has 4 nitrogen and oxygen atoms in total. The molecule has 0 saturated heterocycles. The first-order valence-electron chi connectivity index (χ1n) is 6.24. The van der Waals surface area contributed by atoms with Crippen molar-refractivity contribution in [2.45, 2.75) is 19.3 Å². The molecule has 0 unspecified atom stereocenters. The number of anilines is 2. The van der Waals surface area contributed by atoms with Gasteiger partial charge in [0.25, 0.3) is 0 Å². The number of benzene rings is 1. The van der Waals surface area contributed by atoms with E-state index >= 15 is 0 Å². The van der Waals surface area contributed by atoms with Crippen LogP contribution in [0.5, 0.6) is 0 Å². The van der Waals surface area contributed by atoms with E-state index in [4.69, 9.17) is 23.2 Å². The molecule has 1 aliphatic carbocycles. The first kappa shape index (κ1) is 13.3. The van der Waals surface area contributed by atoms with Crippen LogP contribution >= 0.6 is 23.2 Å². The first-order valence-corrected chi connectivity index (χ1v) is 7.00. The normalized spacial score (nSPS) is 14.0. The average molecular weight is 308 g/mol. The summed E-state index contributed by atoms with van der Waals surface area (Å²) < 4.78 is 0. The van der Waals surface area contributed by atoms with Gasteiger partial charge in [-0.3, -0.25) is 4.79 Å². The second-order valence-electron chi connectivity index (χ2n) is 4.58. The monoisotopic (exact) mass is 307 g/mol. The number of fused-ring (bicyclic) bond motifs is 1. The van der Waals surface area contributed by atoms with Gasteiger partial charge in [-0.1, -0.05) is 23.2 Å². The Morgan fingerprint density at radius 2 is 2.00 bits per heavy atom. The van der Waals surface area contributed by atoms with Crippen molar-refractivity contribution in [3.63, 3.8) is 0 Å². The zero-order valence-electron chi connectivity index (χ0n) is 10.5. The summed E-state index contributed by atoms with van der Waals surface area (Å²) in [5, 5.41) is 4.02. The van der Waals surface area contributed by atoms with Gasteiger partial charge in [0, 0.05) is 18.3 Å². The van der Waals surface area contributed by atoms with Gasteiger partial charge in [-0.15, -0.1) is 0 Å². The summed E-state index contributed by atoms with van der Waals surface area (Å²) in [6, 6.07) is 5.20. The van der Waals surface area contributed by atoms with Crippen LogP contribution in [0.15, 0.2) is 24.4 Å². The van der Waals surface area contributed by atoms with Gasteiger partial charge in [0.15, 0.2) is 5.78 Å². The minimum atomic E-state index is 0.118. The molecular formula is C14H11Cl2N3O. The highest BCUT2D eigenvalue weighted by Gasteiger charge is 2.19. The highest BCUT2D eigenvalue weighted by Crippen LogP contribution is 2.27. The minimum Gasteiger partial charge on any atom is -0.324 e. The summed E-state index contributed by atoms with van der Waals surface area (Å²) in [7, 11) is 0. The molecule has 0 bridgehead atoms. The number of rotatable bonds is 2. The molecule has 0 amide bonds. The number of aryl methyl sites for hydroxylation is 1. The highest BCUT2D eigenvalue weighted by atomic mass is 35.5.